The van der Waals surface area contributed by atoms with Gasteiger partial charge in [-0.15, -0.1) is 0 Å². The summed E-state index contributed by atoms with van der Waals surface area (Å²) in [6.07, 6.45) is 3.15. The number of methoxy groups -OCH3 is 1. The van der Waals surface area contributed by atoms with Gasteiger partial charge < -0.3 is 4.74 Å². The first-order valence-electron chi connectivity index (χ1n) is 6.59. The Morgan fingerprint density at radius 2 is 1.89 bits per heavy atom. The van der Waals surface area contributed by atoms with Gasteiger partial charge in [0.2, 0.25) is 0 Å². The van der Waals surface area contributed by atoms with Crippen LogP contribution in [0.15, 0.2) is 18.2 Å². The molecule has 0 amide bonds. The lowest BCUT2D eigenvalue weighted by atomic mass is 10.1. The number of ether oxygens (including phenoxy) is 1. The van der Waals surface area contributed by atoms with Crippen molar-refractivity contribution in [1.29, 1.82) is 0 Å². The Bertz CT molecular complexity index is 371. The van der Waals surface area contributed by atoms with E-state index in [0.29, 0.717) is 5.56 Å². The van der Waals surface area contributed by atoms with Crippen molar-refractivity contribution in [3.8, 4) is 5.75 Å². The van der Waals surface area contributed by atoms with E-state index in [-0.39, 0.29) is 0 Å². The summed E-state index contributed by atoms with van der Waals surface area (Å²) in [4.78, 5) is 13.2. The van der Waals surface area contributed by atoms with Crippen molar-refractivity contribution < 1.29 is 9.53 Å². The molecule has 0 aliphatic rings. The third kappa shape index (κ3) is 4.15. The fraction of sp³-hybridized carbons (Fsp3) is 0.533. The summed E-state index contributed by atoms with van der Waals surface area (Å²) in [5, 5.41) is 0. The highest BCUT2D eigenvalue weighted by molar-refractivity contribution is 5.75. The molecule has 0 saturated carbocycles. The first kappa shape index (κ1) is 14.7. The van der Waals surface area contributed by atoms with E-state index in [0.717, 1.165) is 50.1 Å². The Morgan fingerprint density at radius 1 is 1.22 bits per heavy atom. The average molecular weight is 249 g/mol. The van der Waals surface area contributed by atoms with E-state index in [9.17, 15) is 4.79 Å². The van der Waals surface area contributed by atoms with E-state index >= 15 is 0 Å². The second-order valence-electron chi connectivity index (χ2n) is 4.47. The van der Waals surface area contributed by atoms with E-state index < -0.39 is 0 Å². The molecule has 0 aliphatic carbocycles. The van der Waals surface area contributed by atoms with Crippen LogP contribution in [-0.2, 0) is 6.54 Å². The maximum Gasteiger partial charge on any atom is 0.150 e. The van der Waals surface area contributed by atoms with Gasteiger partial charge in [0.1, 0.15) is 12.0 Å². The molecule has 18 heavy (non-hydrogen) atoms. The van der Waals surface area contributed by atoms with Crippen LogP contribution in [0.25, 0.3) is 0 Å². The van der Waals surface area contributed by atoms with Crippen LogP contribution in [0.4, 0.5) is 0 Å². The molecule has 0 fully saturated rings. The topological polar surface area (TPSA) is 29.5 Å². The maximum atomic E-state index is 10.8. The Morgan fingerprint density at radius 3 is 2.39 bits per heavy atom. The van der Waals surface area contributed by atoms with E-state index in [2.05, 4.69) is 18.7 Å². The Hall–Kier alpha value is -1.35. The normalized spacial score (nSPS) is 10.7. The summed E-state index contributed by atoms with van der Waals surface area (Å²) in [6.45, 7) is 7.35. The minimum Gasteiger partial charge on any atom is -0.496 e. The van der Waals surface area contributed by atoms with Gasteiger partial charge in [-0.2, -0.15) is 0 Å². The van der Waals surface area contributed by atoms with Gasteiger partial charge in [-0.1, -0.05) is 13.8 Å². The van der Waals surface area contributed by atoms with Crippen LogP contribution in [-0.4, -0.2) is 31.4 Å². The van der Waals surface area contributed by atoms with Gasteiger partial charge in [0.15, 0.2) is 0 Å². The number of aldehydes is 1. The molecule has 0 N–H and O–H groups in total. The minimum absolute atomic E-state index is 0.707. The highest BCUT2D eigenvalue weighted by Crippen LogP contribution is 2.21. The molecule has 3 nitrogen and oxygen atoms in total. The Kier molecular flexibility index (Phi) is 6.44. The summed E-state index contributed by atoms with van der Waals surface area (Å²) in [7, 11) is 1.67. The highest BCUT2D eigenvalue weighted by Gasteiger charge is 2.09. The van der Waals surface area contributed by atoms with Gasteiger partial charge in [0.05, 0.1) is 7.11 Å². The smallest absolute Gasteiger partial charge is 0.150 e. The van der Waals surface area contributed by atoms with Crippen molar-refractivity contribution >= 4 is 6.29 Å². The lowest BCUT2D eigenvalue weighted by molar-refractivity contribution is 0.112. The number of carbonyl (C=O) groups is 1. The number of hydrogen-bond acceptors (Lipinski definition) is 3. The molecule has 1 rings (SSSR count). The van der Waals surface area contributed by atoms with Crippen molar-refractivity contribution in [2.45, 2.75) is 33.2 Å². The lowest BCUT2D eigenvalue weighted by Gasteiger charge is -2.22. The van der Waals surface area contributed by atoms with Crippen LogP contribution in [0, 0.1) is 0 Å². The van der Waals surface area contributed by atoms with Crippen molar-refractivity contribution in [2.75, 3.05) is 20.2 Å². The Labute approximate surface area is 110 Å². The van der Waals surface area contributed by atoms with Gasteiger partial charge in [-0.3, -0.25) is 9.69 Å². The van der Waals surface area contributed by atoms with Gasteiger partial charge in [-0.05, 0) is 44.1 Å². The monoisotopic (exact) mass is 249 g/mol. The molecule has 0 heterocycles. The zero-order chi connectivity index (χ0) is 13.4. The van der Waals surface area contributed by atoms with Crippen molar-refractivity contribution in [2.24, 2.45) is 0 Å². The minimum atomic E-state index is 0.707. The third-order valence-corrected chi connectivity index (χ3v) is 2.91. The van der Waals surface area contributed by atoms with Crippen molar-refractivity contribution in [3.05, 3.63) is 29.3 Å². The largest absolute Gasteiger partial charge is 0.496 e. The van der Waals surface area contributed by atoms with E-state index in [1.54, 1.807) is 13.2 Å². The summed E-state index contributed by atoms with van der Waals surface area (Å²) in [5.41, 5.74) is 1.79. The second-order valence-corrected chi connectivity index (χ2v) is 4.47. The van der Waals surface area contributed by atoms with Crippen LogP contribution < -0.4 is 4.74 Å². The molecule has 0 saturated heterocycles. The summed E-state index contributed by atoms with van der Waals surface area (Å²) >= 11 is 0. The number of rotatable bonds is 8. The molecule has 0 aliphatic heterocycles. The molecule has 1 aromatic carbocycles. The molecule has 0 aromatic heterocycles. The number of carbonyl (C=O) groups excluding carboxylic acids is 1. The predicted molar refractivity (Wildman–Crippen MR) is 74.2 cm³/mol. The van der Waals surface area contributed by atoms with Gasteiger partial charge in [-0.25, -0.2) is 0 Å². The summed E-state index contributed by atoms with van der Waals surface area (Å²) in [5.74, 6) is 0.859. The van der Waals surface area contributed by atoms with Crippen molar-refractivity contribution in [3.63, 3.8) is 0 Å². The van der Waals surface area contributed by atoms with Crippen LogP contribution in [0.2, 0.25) is 0 Å². The van der Waals surface area contributed by atoms with E-state index in [1.165, 1.54) is 0 Å². The van der Waals surface area contributed by atoms with E-state index in [1.807, 2.05) is 12.1 Å². The SMILES string of the molecule is CCCN(CCC)Cc1cc(C=O)ccc1OC. The maximum absolute atomic E-state index is 10.8. The number of hydrogen-bond donors (Lipinski definition) is 0. The van der Waals surface area contributed by atoms with Gasteiger partial charge >= 0.3 is 0 Å². The summed E-state index contributed by atoms with van der Waals surface area (Å²) in [6, 6.07) is 5.58. The first-order valence-corrected chi connectivity index (χ1v) is 6.59. The fourth-order valence-electron chi connectivity index (χ4n) is 2.14. The van der Waals surface area contributed by atoms with Crippen LogP contribution in [0.5, 0.6) is 5.75 Å². The van der Waals surface area contributed by atoms with Crippen LogP contribution in [0.3, 0.4) is 0 Å². The third-order valence-electron chi connectivity index (χ3n) is 2.91. The quantitative estimate of drug-likeness (QED) is 0.663. The molecule has 0 unspecified atom stereocenters. The van der Waals surface area contributed by atoms with Gasteiger partial charge in [0, 0.05) is 17.7 Å². The highest BCUT2D eigenvalue weighted by atomic mass is 16.5. The molecule has 0 atom stereocenters. The molecule has 100 valence electrons. The zero-order valence-corrected chi connectivity index (χ0v) is 11.6. The van der Waals surface area contributed by atoms with E-state index in [4.69, 9.17) is 4.74 Å². The van der Waals surface area contributed by atoms with Gasteiger partial charge in [0.25, 0.3) is 0 Å². The summed E-state index contributed by atoms with van der Waals surface area (Å²) < 4.78 is 5.36. The molecule has 1 aromatic rings. The number of benzene rings is 1. The van der Waals surface area contributed by atoms with Crippen LogP contribution in [0.1, 0.15) is 42.6 Å². The first-order chi connectivity index (χ1) is 8.74. The zero-order valence-electron chi connectivity index (χ0n) is 11.6. The second kappa shape index (κ2) is 7.88. The average Bonchev–Trinajstić information content (AvgIpc) is 2.39. The molecule has 0 radical (unpaired) electrons. The fourth-order valence-corrected chi connectivity index (χ4v) is 2.14. The molecule has 0 bridgehead atoms. The van der Waals surface area contributed by atoms with Crippen LogP contribution >= 0.6 is 0 Å². The number of nitrogens with zero attached hydrogens (tertiary/aromatic N) is 1. The lowest BCUT2D eigenvalue weighted by Crippen LogP contribution is -2.25. The molecule has 3 heteroatoms. The molecule has 0 spiro atoms. The predicted octanol–water partition coefficient (Wildman–Crippen LogP) is 3.13. The molecular weight excluding hydrogens is 226 g/mol. The molecular formula is C15H23NO2. The Balaban J connectivity index is 2.87. The van der Waals surface area contributed by atoms with Crippen molar-refractivity contribution in [1.82, 2.24) is 4.90 Å². The standard InChI is InChI=1S/C15H23NO2/c1-4-8-16(9-5-2)11-14-10-13(12-17)6-7-15(14)18-3/h6-7,10,12H,4-5,8-9,11H2,1-3H3.